The first-order valence-corrected chi connectivity index (χ1v) is 17.7. The molecular weight excluding hydrogens is 720 g/mol. The van der Waals surface area contributed by atoms with Crippen LogP contribution in [0, 0.1) is 0 Å². The molecule has 2 aliphatic heterocycles. The van der Waals surface area contributed by atoms with E-state index in [0.717, 1.165) is 37.5 Å². The lowest BCUT2D eigenvalue weighted by Crippen LogP contribution is -2.67. The molecule has 15 nitrogen and oxygen atoms in total. The maximum absolute atomic E-state index is 13.6. The lowest BCUT2D eigenvalue weighted by molar-refractivity contribution is -0.364. The third-order valence-corrected chi connectivity index (χ3v) is 8.72. The number of carbonyl (C=O) groups is 4. The number of esters is 4. The first-order valence-electron chi connectivity index (χ1n) is 17.7. The Hall–Kier alpha value is -4.74. The van der Waals surface area contributed by atoms with E-state index in [-0.39, 0.29) is 19.8 Å². The fourth-order valence-corrected chi connectivity index (χ4v) is 6.21. The average Bonchev–Trinajstić information content (AvgIpc) is 3.18. The molecule has 15 heteroatoms. The van der Waals surface area contributed by atoms with Crippen LogP contribution >= 0.6 is 0 Å². The first kappa shape index (κ1) is 41.4. The summed E-state index contributed by atoms with van der Waals surface area (Å²) in [6.07, 6.45) is -14.3. The Labute approximate surface area is 318 Å². The molecule has 2 fully saturated rings. The quantitative estimate of drug-likeness (QED) is 0.166. The minimum atomic E-state index is -1.81. The summed E-state index contributed by atoms with van der Waals surface area (Å²) in [5.74, 6) is -3.16. The number of aliphatic hydroxyl groups is 1. The van der Waals surface area contributed by atoms with Crippen LogP contribution in [0.25, 0.3) is 0 Å². The number of ether oxygens (including phenoxy) is 10. The molecule has 0 aromatic heterocycles. The van der Waals surface area contributed by atoms with Gasteiger partial charge in [0.15, 0.2) is 30.9 Å². The molecule has 2 heterocycles. The van der Waals surface area contributed by atoms with E-state index in [1.165, 1.54) is 7.11 Å². The number of hydrogen-bond donors (Lipinski definition) is 1. The highest BCUT2D eigenvalue weighted by Crippen LogP contribution is 2.35. The molecule has 0 amide bonds. The summed E-state index contributed by atoms with van der Waals surface area (Å²) < 4.78 is 59.4. The van der Waals surface area contributed by atoms with Crippen molar-refractivity contribution in [1.29, 1.82) is 0 Å². The summed E-state index contributed by atoms with van der Waals surface area (Å²) in [5.41, 5.74) is 2.42. The summed E-state index contributed by atoms with van der Waals surface area (Å²) in [5, 5.41) is 11.7. The molecule has 0 aliphatic carbocycles. The van der Waals surface area contributed by atoms with E-state index < -0.39 is 91.9 Å². The van der Waals surface area contributed by atoms with Crippen LogP contribution in [0.3, 0.4) is 0 Å². The van der Waals surface area contributed by atoms with Crippen molar-refractivity contribution >= 4 is 23.9 Å². The summed E-state index contributed by atoms with van der Waals surface area (Å²) in [6.45, 7) is 3.07. The molecule has 0 unspecified atom stereocenters. The Morgan fingerprint density at radius 1 is 0.582 bits per heavy atom. The van der Waals surface area contributed by atoms with Crippen LogP contribution in [0.4, 0.5) is 0 Å². The van der Waals surface area contributed by atoms with Crippen molar-refractivity contribution in [2.24, 2.45) is 0 Å². The molecule has 0 saturated carbocycles. The highest BCUT2D eigenvalue weighted by Gasteiger charge is 2.56. The Morgan fingerprint density at radius 2 is 1.07 bits per heavy atom. The zero-order chi connectivity index (χ0) is 39.3. The maximum Gasteiger partial charge on any atom is 0.337 e. The van der Waals surface area contributed by atoms with Gasteiger partial charge in [0.25, 0.3) is 0 Å². The molecular formula is C40H46O15. The minimum absolute atomic E-state index is 0.0175. The van der Waals surface area contributed by atoms with Crippen LogP contribution in [0.2, 0.25) is 0 Å². The lowest BCUT2D eigenvalue weighted by atomic mass is 9.95. The van der Waals surface area contributed by atoms with Gasteiger partial charge in [-0.3, -0.25) is 14.4 Å². The average molecular weight is 767 g/mol. The molecule has 0 bridgehead atoms. The van der Waals surface area contributed by atoms with Crippen molar-refractivity contribution in [2.75, 3.05) is 13.7 Å². The molecule has 55 heavy (non-hydrogen) atoms. The topological polar surface area (TPSA) is 181 Å². The van der Waals surface area contributed by atoms with Crippen LogP contribution in [-0.4, -0.2) is 104 Å². The Bertz CT molecular complexity index is 1670. The molecule has 2 aliphatic rings. The van der Waals surface area contributed by atoms with Gasteiger partial charge >= 0.3 is 23.9 Å². The predicted octanol–water partition coefficient (Wildman–Crippen LogP) is 3.17. The monoisotopic (exact) mass is 766 g/mol. The smallest absolute Gasteiger partial charge is 0.337 e. The Kier molecular flexibility index (Phi) is 15.3. The number of benzene rings is 3. The van der Waals surface area contributed by atoms with Gasteiger partial charge in [-0.25, -0.2) is 4.79 Å². The van der Waals surface area contributed by atoms with Crippen LogP contribution < -0.4 is 0 Å². The van der Waals surface area contributed by atoms with Gasteiger partial charge in [-0.1, -0.05) is 91.0 Å². The fraction of sp³-hybridized carbons (Fsp3) is 0.450. The normalized spacial score (nSPS) is 27.7. The second-order valence-electron chi connectivity index (χ2n) is 12.9. The summed E-state index contributed by atoms with van der Waals surface area (Å²) in [7, 11) is 1.17. The van der Waals surface area contributed by atoms with E-state index in [2.05, 4.69) is 0 Å². The second kappa shape index (κ2) is 20.3. The SMILES string of the molecule is COC(=O)[C@H]1O[C@H](OCc2ccccc2)[C@H](OCc2ccccc2)[C@@H](OCc2ccccc2)[C@@H]1O[C@H]1O[C@H](COC(C)=O)[C@@H](OC(C)=O)[C@H](OC(C)=O)[C@H]1O. The molecule has 1 N–H and O–H groups in total. The molecule has 5 rings (SSSR count). The van der Waals surface area contributed by atoms with Gasteiger partial charge in [0.1, 0.15) is 37.1 Å². The van der Waals surface area contributed by atoms with Gasteiger partial charge in [-0.05, 0) is 16.7 Å². The minimum Gasteiger partial charge on any atom is -0.467 e. The standard InChI is InChI=1S/C40H46O15/c1-24(41)47-23-30-32(51-25(2)42)33(52-26(3)43)31(44)39(53-30)54-35-34(48-20-27-14-8-5-9-15-27)37(49-21-28-16-10-6-11-17-28)40(55-36(35)38(45)46-4)50-22-29-18-12-7-13-19-29/h5-19,30-37,39-40,44H,20-23H2,1-4H3/t30-,31-,32-,33-,34+,35+,36+,37-,39-,40+/m1/s1. The summed E-state index contributed by atoms with van der Waals surface area (Å²) >= 11 is 0. The number of carbonyl (C=O) groups excluding carboxylic acids is 4. The van der Waals surface area contributed by atoms with Gasteiger partial charge in [0, 0.05) is 20.8 Å². The van der Waals surface area contributed by atoms with Crippen molar-refractivity contribution in [1.82, 2.24) is 0 Å². The van der Waals surface area contributed by atoms with Crippen LogP contribution in [0.15, 0.2) is 91.0 Å². The number of methoxy groups -OCH3 is 1. The molecule has 0 spiro atoms. The number of hydrogen-bond acceptors (Lipinski definition) is 15. The van der Waals surface area contributed by atoms with E-state index in [4.69, 9.17) is 47.4 Å². The second-order valence-corrected chi connectivity index (χ2v) is 12.9. The Balaban J connectivity index is 1.54. The molecule has 0 radical (unpaired) electrons. The predicted molar refractivity (Wildman–Crippen MR) is 189 cm³/mol. The van der Waals surface area contributed by atoms with Gasteiger partial charge in [0.2, 0.25) is 0 Å². The van der Waals surface area contributed by atoms with Crippen molar-refractivity contribution in [3.8, 4) is 0 Å². The highest BCUT2D eigenvalue weighted by molar-refractivity contribution is 5.75. The fourth-order valence-electron chi connectivity index (χ4n) is 6.21. The van der Waals surface area contributed by atoms with E-state index in [9.17, 15) is 24.3 Å². The molecule has 3 aromatic carbocycles. The van der Waals surface area contributed by atoms with Crippen LogP contribution in [0.1, 0.15) is 37.5 Å². The zero-order valence-corrected chi connectivity index (χ0v) is 30.9. The van der Waals surface area contributed by atoms with Gasteiger partial charge < -0.3 is 52.5 Å². The highest BCUT2D eigenvalue weighted by atomic mass is 16.8. The summed E-state index contributed by atoms with van der Waals surface area (Å²) in [6, 6.07) is 27.9. The van der Waals surface area contributed by atoms with Gasteiger partial charge in [-0.2, -0.15) is 0 Å². The third-order valence-electron chi connectivity index (χ3n) is 8.72. The molecule has 296 valence electrons. The maximum atomic E-state index is 13.6. The molecule has 3 aromatic rings. The molecule has 10 atom stereocenters. The third kappa shape index (κ3) is 11.6. The Morgan fingerprint density at radius 3 is 1.56 bits per heavy atom. The first-order chi connectivity index (χ1) is 26.5. The number of rotatable bonds is 16. The van der Waals surface area contributed by atoms with E-state index in [0.29, 0.717) is 0 Å². The van der Waals surface area contributed by atoms with Crippen molar-refractivity contribution < 1.29 is 71.7 Å². The zero-order valence-electron chi connectivity index (χ0n) is 30.9. The van der Waals surface area contributed by atoms with E-state index in [1.54, 1.807) is 0 Å². The van der Waals surface area contributed by atoms with Crippen LogP contribution in [-0.2, 0) is 86.4 Å². The largest absolute Gasteiger partial charge is 0.467 e. The van der Waals surface area contributed by atoms with Gasteiger partial charge in [-0.15, -0.1) is 0 Å². The molecule has 2 saturated heterocycles. The number of aliphatic hydroxyl groups excluding tert-OH is 1. The summed E-state index contributed by atoms with van der Waals surface area (Å²) in [4.78, 5) is 49.8. The van der Waals surface area contributed by atoms with Crippen molar-refractivity contribution in [2.45, 2.75) is 102 Å². The van der Waals surface area contributed by atoms with Crippen LogP contribution in [0.5, 0.6) is 0 Å². The van der Waals surface area contributed by atoms with Gasteiger partial charge in [0.05, 0.1) is 26.9 Å². The van der Waals surface area contributed by atoms with Crippen molar-refractivity contribution in [3.05, 3.63) is 108 Å². The van der Waals surface area contributed by atoms with Crippen molar-refractivity contribution in [3.63, 3.8) is 0 Å². The van der Waals surface area contributed by atoms with E-state index in [1.807, 2.05) is 91.0 Å². The van der Waals surface area contributed by atoms with E-state index >= 15 is 0 Å². The lowest BCUT2D eigenvalue weighted by Gasteiger charge is -2.48.